The highest BCUT2D eigenvalue weighted by atomic mass is 79.9. The van der Waals surface area contributed by atoms with E-state index < -0.39 is 0 Å². The summed E-state index contributed by atoms with van der Waals surface area (Å²) in [6.45, 7) is 0.373. The van der Waals surface area contributed by atoms with Gasteiger partial charge in [0.1, 0.15) is 5.15 Å². The van der Waals surface area contributed by atoms with Crippen molar-refractivity contribution >= 4 is 27.5 Å². The fourth-order valence-electron chi connectivity index (χ4n) is 1.39. The lowest BCUT2D eigenvalue weighted by molar-refractivity contribution is 0.672. The van der Waals surface area contributed by atoms with E-state index in [4.69, 9.17) is 11.6 Å². The normalized spacial score (nSPS) is 10.7. The first-order valence-corrected chi connectivity index (χ1v) is 5.78. The topological polar surface area (TPSA) is 39.8 Å². The quantitative estimate of drug-likeness (QED) is 0.852. The molecule has 0 saturated heterocycles. The van der Waals surface area contributed by atoms with Gasteiger partial charge in [-0.15, -0.1) is 0 Å². The summed E-state index contributed by atoms with van der Waals surface area (Å²) in [5.41, 5.74) is 0.618. The van der Waals surface area contributed by atoms with Crippen molar-refractivity contribution in [2.75, 3.05) is 0 Å². The van der Waals surface area contributed by atoms with Crippen LogP contribution in [0.1, 0.15) is 5.56 Å². The largest absolute Gasteiger partial charge is 0.318 e. The molecule has 0 saturated carbocycles. The van der Waals surface area contributed by atoms with E-state index in [1.807, 2.05) is 6.07 Å². The van der Waals surface area contributed by atoms with Crippen LogP contribution < -0.4 is 5.56 Å². The number of pyridine rings is 1. The molecule has 0 aliphatic carbocycles. The number of rotatable bonds is 2. The van der Waals surface area contributed by atoms with Crippen molar-refractivity contribution in [1.82, 2.24) is 14.3 Å². The van der Waals surface area contributed by atoms with Crippen LogP contribution in [0.2, 0.25) is 5.15 Å². The zero-order valence-electron chi connectivity index (χ0n) is 8.52. The van der Waals surface area contributed by atoms with Crippen LogP contribution in [0.15, 0.2) is 33.8 Å². The molecule has 0 atom stereocenters. The average molecular weight is 303 g/mol. The summed E-state index contributed by atoms with van der Waals surface area (Å²) in [4.78, 5) is 11.8. The van der Waals surface area contributed by atoms with Gasteiger partial charge in [0.2, 0.25) is 0 Å². The van der Waals surface area contributed by atoms with Crippen LogP contribution in [-0.2, 0) is 13.6 Å². The molecule has 2 aromatic rings. The Morgan fingerprint density at radius 1 is 1.56 bits per heavy atom. The molecule has 0 spiro atoms. The molecule has 16 heavy (non-hydrogen) atoms. The number of aromatic nitrogens is 3. The van der Waals surface area contributed by atoms with Crippen LogP contribution in [0.5, 0.6) is 0 Å². The number of hydrogen-bond acceptors (Lipinski definition) is 2. The van der Waals surface area contributed by atoms with Gasteiger partial charge >= 0.3 is 0 Å². The van der Waals surface area contributed by atoms with Gasteiger partial charge in [0, 0.05) is 18.8 Å². The molecule has 0 amide bonds. The second-order valence-electron chi connectivity index (χ2n) is 3.39. The summed E-state index contributed by atoms with van der Waals surface area (Å²) >= 11 is 9.26. The van der Waals surface area contributed by atoms with Crippen LogP contribution in [0.4, 0.5) is 0 Å². The Bertz CT molecular complexity index is 576. The van der Waals surface area contributed by atoms with Gasteiger partial charge in [-0.2, -0.15) is 5.10 Å². The molecule has 0 unspecified atom stereocenters. The molecular formula is C10H9BrClN3O. The summed E-state index contributed by atoms with van der Waals surface area (Å²) in [5.74, 6) is 0. The van der Waals surface area contributed by atoms with Gasteiger partial charge in [-0.3, -0.25) is 4.79 Å². The molecule has 0 aliphatic heterocycles. The van der Waals surface area contributed by atoms with E-state index in [1.54, 1.807) is 30.2 Å². The third kappa shape index (κ3) is 2.05. The second-order valence-corrected chi connectivity index (χ2v) is 4.60. The highest BCUT2D eigenvalue weighted by Crippen LogP contribution is 2.21. The molecule has 0 fully saturated rings. The first kappa shape index (κ1) is 11.4. The van der Waals surface area contributed by atoms with Gasteiger partial charge in [-0.1, -0.05) is 17.7 Å². The molecule has 4 nitrogen and oxygen atoms in total. The third-order valence-corrected chi connectivity index (χ3v) is 3.46. The summed E-state index contributed by atoms with van der Waals surface area (Å²) < 4.78 is 3.83. The summed E-state index contributed by atoms with van der Waals surface area (Å²) in [5, 5.41) is 4.56. The minimum Gasteiger partial charge on any atom is -0.318 e. The number of halogens is 2. The van der Waals surface area contributed by atoms with E-state index in [0.29, 0.717) is 17.3 Å². The van der Waals surface area contributed by atoms with E-state index in [0.717, 1.165) is 4.47 Å². The van der Waals surface area contributed by atoms with Gasteiger partial charge in [0.25, 0.3) is 5.56 Å². The van der Waals surface area contributed by atoms with Gasteiger partial charge in [0.15, 0.2) is 0 Å². The molecule has 0 aromatic carbocycles. The summed E-state index contributed by atoms with van der Waals surface area (Å²) in [6, 6.07) is 3.59. The van der Waals surface area contributed by atoms with E-state index in [-0.39, 0.29) is 5.56 Å². The van der Waals surface area contributed by atoms with Crippen molar-refractivity contribution in [2.45, 2.75) is 6.54 Å². The fourth-order valence-corrected chi connectivity index (χ4v) is 1.84. The van der Waals surface area contributed by atoms with Crippen LogP contribution in [0, 0.1) is 0 Å². The number of nitrogens with zero attached hydrogens (tertiary/aromatic N) is 3. The lowest BCUT2D eigenvalue weighted by atomic mass is 10.3. The van der Waals surface area contributed by atoms with Crippen LogP contribution in [-0.4, -0.2) is 14.3 Å². The Morgan fingerprint density at radius 3 is 2.94 bits per heavy atom. The Morgan fingerprint density at radius 2 is 2.31 bits per heavy atom. The lowest BCUT2D eigenvalue weighted by Crippen LogP contribution is -2.22. The maximum atomic E-state index is 11.8. The van der Waals surface area contributed by atoms with Crippen molar-refractivity contribution in [1.29, 1.82) is 0 Å². The van der Waals surface area contributed by atoms with Gasteiger partial charge in [-0.25, -0.2) is 4.68 Å². The first-order chi connectivity index (χ1) is 7.59. The minimum absolute atomic E-state index is 0.0369. The van der Waals surface area contributed by atoms with Gasteiger partial charge in [-0.05, 0) is 22.0 Å². The molecule has 0 aliphatic rings. The third-order valence-electron chi connectivity index (χ3n) is 2.26. The number of aryl methyl sites for hydroxylation is 1. The minimum atomic E-state index is -0.0369. The molecular weight excluding hydrogens is 293 g/mol. The summed E-state index contributed by atoms with van der Waals surface area (Å²) in [7, 11) is 1.71. The Labute approximate surface area is 106 Å². The molecule has 6 heteroatoms. The number of hydrogen-bond donors (Lipinski definition) is 0. The van der Waals surface area contributed by atoms with Gasteiger partial charge in [0.05, 0.1) is 17.2 Å². The fraction of sp³-hybridized carbons (Fsp3) is 0.200. The monoisotopic (exact) mass is 301 g/mol. The van der Waals surface area contributed by atoms with Crippen molar-refractivity contribution in [3.63, 3.8) is 0 Å². The van der Waals surface area contributed by atoms with Crippen molar-refractivity contribution < 1.29 is 0 Å². The maximum absolute atomic E-state index is 11.8. The summed E-state index contributed by atoms with van der Waals surface area (Å²) in [6.07, 6.45) is 3.32. The molecule has 2 aromatic heterocycles. The van der Waals surface area contributed by atoms with Crippen LogP contribution in [0.25, 0.3) is 0 Å². The molecule has 0 bridgehead atoms. The SMILES string of the molecule is Cn1cccc(Cn2ncc(Br)c2Cl)c1=O. The smallest absolute Gasteiger partial charge is 0.255 e. The first-order valence-electron chi connectivity index (χ1n) is 4.61. The Kier molecular flexibility index (Phi) is 3.16. The standard InChI is InChI=1S/C10H9BrClN3O/c1-14-4-2-3-7(10(14)16)6-15-9(12)8(11)5-13-15/h2-5H,6H2,1H3. The molecule has 84 valence electrons. The van der Waals surface area contributed by atoms with Crippen LogP contribution in [0.3, 0.4) is 0 Å². The zero-order chi connectivity index (χ0) is 11.7. The molecule has 2 heterocycles. The van der Waals surface area contributed by atoms with Crippen molar-refractivity contribution in [2.24, 2.45) is 7.05 Å². The van der Waals surface area contributed by atoms with E-state index >= 15 is 0 Å². The average Bonchev–Trinajstić information content (AvgIpc) is 2.57. The highest BCUT2D eigenvalue weighted by molar-refractivity contribution is 9.10. The van der Waals surface area contributed by atoms with Crippen molar-refractivity contribution in [3.05, 3.63) is 50.1 Å². The zero-order valence-corrected chi connectivity index (χ0v) is 10.9. The van der Waals surface area contributed by atoms with E-state index in [1.165, 1.54) is 4.57 Å². The Balaban J connectivity index is 2.38. The predicted molar refractivity (Wildman–Crippen MR) is 65.7 cm³/mol. The van der Waals surface area contributed by atoms with Crippen LogP contribution >= 0.6 is 27.5 Å². The highest BCUT2D eigenvalue weighted by Gasteiger charge is 2.08. The van der Waals surface area contributed by atoms with Crippen molar-refractivity contribution in [3.8, 4) is 0 Å². The second kappa shape index (κ2) is 4.43. The molecule has 0 N–H and O–H groups in total. The van der Waals surface area contributed by atoms with E-state index in [2.05, 4.69) is 21.0 Å². The molecule has 2 rings (SSSR count). The van der Waals surface area contributed by atoms with Gasteiger partial charge < -0.3 is 4.57 Å². The predicted octanol–water partition coefficient (Wildman–Crippen LogP) is 2.05. The Hall–Kier alpha value is -1.07. The maximum Gasteiger partial charge on any atom is 0.255 e. The lowest BCUT2D eigenvalue weighted by Gasteiger charge is -2.04. The molecule has 0 radical (unpaired) electrons. The van der Waals surface area contributed by atoms with E-state index in [9.17, 15) is 4.79 Å².